The maximum absolute atomic E-state index is 13.9. The molecule has 0 spiro atoms. The fourth-order valence-corrected chi connectivity index (χ4v) is 6.75. The second-order valence-electron chi connectivity index (χ2n) is 9.83. The molecule has 4 nitrogen and oxygen atoms in total. The number of fused-ring (bicyclic) bond motifs is 1. The fraction of sp³-hybridized carbons (Fsp3) is 0.212. The maximum atomic E-state index is 13.9. The Bertz CT molecular complexity index is 1450. The SMILES string of the molecule is C=CC1=C(/C=C\C)C(COC(=O)[C@H]2[C@@H](c3ccccc3Cl)[C@H](C(=O)O)[C@@H]2c2ccccc2Cl)c2ccccc21. The Morgan fingerprint density at radius 3 is 1.92 bits per heavy atom. The molecule has 6 heteroatoms. The van der Waals surface area contributed by atoms with Gasteiger partial charge in [-0.05, 0) is 52.5 Å². The topological polar surface area (TPSA) is 63.6 Å². The number of aliphatic carboxylic acids is 1. The normalized spacial score (nSPS) is 23.8. The van der Waals surface area contributed by atoms with Crippen LogP contribution in [0.4, 0.5) is 0 Å². The number of carboxylic acid groups (broad SMARTS) is 1. The van der Waals surface area contributed by atoms with Crippen LogP contribution >= 0.6 is 23.2 Å². The summed E-state index contributed by atoms with van der Waals surface area (Å²) < 4.78 is 6.05. The Morgan fingerprint density at radius 1 is 0.872 bits per heavy atom. The van der Waals surface area contributed by atoms with Gasteiger partial charge < -0.3 is 9.84 Å². The zero-order chi connectivity index (χ0) is 27.7. The molecular weight excluding hydrogens is 531 g/mol. The summed E-state index contributed by atoms with van der Waals surface area (Å²) in [4.78, 5) is 26.5. The van der Waals surface area contributed by atoms with Crippen LogP contribution in [0, 0.1) is 11.8 Å². The molecule has 3 aromatic rings. The first kappa shape index (κ1) is 27.0. The highest BCUT2D eigenvalue weighted by Crippen LogP contribution is 2.60. The average Bonchev–Trinajstić information content (AvgIpc) is 3.21. The Hall–Kier alpha value is -3.60. The molecule has 1 unspecified atom stereocenters. The standard InChI is InChI=1S/C33H28Cl2O4/c1-3-11-20-19(4-2)21-12-5-6-13-22(21)25(20)18-39-33(38)31-28(23-14-7-9-16-26(23)34)30(32(36)37)29(31)24-15-8-10-17-27(24)35/h3-17,25,28-31H,2,18H2,1H3,(H,36,37)/b11-3-/t25?,28-,29-,30-,31-/m0/s1. The molecule has 1 N–H and O–H groups in total. The second-order valence-corrected chi connectivity index (χ2v) is 10.6. The maximum Gasteiger partial charge on any atom is 0.310 e. The molecule has 0 aliphatic heterocycles. The van der Waals surface area contributed by atoms with Crippen LogP contribution in [0.3, 0.4) is 0 Å². The summed E-state index contributed by atoms with van der Waals surface area (Å²) in [5.74, 6) is -4.61. The molecular formula is C33H28Cl2O4. The van der Waals surface area contributed by atoms with Crippen molar-refractivity contribution in [3.63, 3.8) is 0 Å². The van der Waals surface area contributed by atoms with Crippen molar-refractivity contribution in [3.8, 4) is 0 Å². The molecule has 0 saturated heterocycles. The third-order valence-electron chi connectivity index (χ3n) is 7.89. The minimum Gasteiger partial charge on any atom is -0.481 e. The lowest BCUT2D eigenvalue weighted by Crippen LogP contribution is -2.51. The van der Waals surface area contributed by atoms with Crippen LogP contribution in [0.25, 0.3) is 5.57 Å². The number of carbonyl (C=O) groups excluding carboxylic acids is 1. The highest BCUT2D eigenvalue weighted by molar-refractivity contribution is 6.32. The van der Waals surface area contributed by atoms with Crippen molar-refractivity contribution in [2.45, 2.75) is 24.7 Å². The summed E-state index contributed by atoms with van der Waals surface area (Å²) in [7, 11) is 0. The highest BCUT2D eigenvalue weighted by Gasteiger charge is 2.60. The molecule has 39 heavy (non-hydrogen) atoms. The van der Waals surface area contributed by atoms with E-state index < -0.39 is 35.6 Å². The van der Waals surface area contributed by atoms with Gasteiger partial charge in [0.2, 0.25) is 0 Å². The van der Waals surface area contributed by atoms with Gasteiger partial charge in [-0.15, -0.1) is 0 Å². The molecule has 2 aliphatic rings. The quantitative estimate of drug-likeness (QED) is 0.284. The average molecular weight is 559 g/mol. The minimum atomic E-state index is -1.01. The first-order valence-corrected chi connectivity index (χ1v) is 13.6. The molecule has 198 valence electrons. The number of rotatable bonds is 8. The molecule has 0 amide bonds. The first-order valence-electron chi connectivity index (χ1n) is 12.9. The van der Waals surface area contributed by atoms with Crippen LogP contribution in [0.15, 0.2) is 103 Å². The zero-order valence-corrected chi connectivity index (χ0v) is 22.9. The molecule has 5 rings (SSSR count). The molecule has 1 saturated carbocycles. The van der Waals surface area contributed by atoms with Crippen LogP contribution < -0.4 is 0 Å². The lowest BCUT2D eigenvalue weighted by molar-refractivity contribution is -0.164. The number of carboxylic acids is 1. The number of hydrogen-bond acceptors (Lipinski definition) is 3. The van der Waals surface area contributed by atoms with Crippen molar-refractivity contribution in [1.82, 2.24) is 0 Å². The molecule has 0 heterocycles. The Morgan fingerprint density at radius 2 is 1.41 bits per heavy atom. The second kappa shape index (κ2) is 11.3. The molecule has 0 aromatic heterocycles. The third kappa shape index (κ3) is 4.73. The number of benzene rings is 3. The minimum absolute atomic E-state index is 0.117. The van der Waals surface area contributed by atoms with Crippen LogP contribution in [0.2, 0.25) is 10.0 Å². The van der Waals surface area contributed by atoms with Gasteiger partial charge in [0.05, 0.1) is 11.8 Å². The van der Waals surface area contributed by atoms with Crippen molar-refractivity contribution < 1.29 is 19.4 Å². The van der Waals surface area contributed by atoms with Crippen molar-refractivity contribution in [3.05, 3.63) is 135 Å². The Labute approximate surface area is 238 Å². The highest BCUT2D eigenvalue weighted by atomic mass is 35.5. The van der Waals surface area contributed by atoms with Crippen molar-refractivity contribution in [1.29, 1.82) is 0 Å². The predicted molar refractivity (Wildman–Crippen MR) is 155 cm³/mol. The van der Waals surface area contributed by atoms with Gasteiger partial charge in [-0.3, -0.25) is 9.59 Å². The van der Waals surface area contributed by atoms with Gasteiger partial charge in [0, 0.05) is 27.8 Å². The van der Waals surface area contributed by atoms with Gasteiger partial charge >= 0.3 is 11.9 Å². The number of hydrogen-bond donors (Lipinski definition) is 1. The van der Waals surface area contributed by atoms with Crippen LogP contribution in [0.1, 0.15) is 46.9 Å². The number of carbonyl (C=O) groups is 2. The Balaban J connectivity index is 1.51. The Kier molecular flexibility index (Phi) is 7.79. The third-order valence-corrected chi connectivity index (χ3v) is 8.58. The van der Waals surface area contributed by atoms with Crippen molar-refractivity contribution >= 4 is 40.7 Å². The van der Waals surface area contributed by atoms with Crippen LogP contribution in [-0.2, 0) is 14.3 Å². The molecule has 0 bridgehead atoms. The van der Waals surface area contributed by atoms with Gasteiger partial charge in [0.1, 0.15) is 6.61 Å². The molecule has 1 fully saturated rings. The summed E-state index contributed by atoms with van der Waals surface area (Å²) >= 11 is 13.1. The number of ether oxygens (including phenoxy) is 1. The zero-order valence-electron chi connectivity index (χ0n) is 21.4. The molecule has 3 atom stereocenters. The number of halogens is 2. The van der Waals surface area contributed by atoms with E-state index in [-0.39, 0.29) is 12.5 Å². The van der Waals surface area contributed by atoms with Crippen molar-refractivity contribution in [2.24, 2.45) is 11.8 Å². The summed E-state index contributed by atoms with van der Waals surface area (Å²) in [6, 6.07) is 22.2. The summed E-state index contributed by atoms with van der Waals surface area (Å²) in [6.07, 6.45) is 5.82. The predicted octanol–water partition coefficient (Wildman–Crippen LogP) is 8.05. The van der Waals surface area contributed by atoms with Gasteiger partial charge in [0.15, 0.2) is 0 Å². The molecule has 3 aromatic carbocycles. The van der Waals surface area contributed by atoms with Gasteiger partial charge in [0.25, 0.3) is 0 Å². The summed E-state index contributed by atoms with van der Waals surface area (Å²) in [6.45, 7) is 6.07. The van der Waals surface area contributed by atoms with E-state index in [1.807, 2.05) is 49.4 Å². The first-order chi connectivity index (χ1) is 18.9. The van der Waals surface area contributed by atoms with E-state index in [1.165, 1.54) is 0 Å². The lowest BCUT2D eigenvalue weighted by atomic mass is 9.52. The molecule has 2 aliphatic carbocycles. The van der Waals surface area contributed by atoms with E-state index in [1.54, 1.807) is 48.5 Å². The van der Waals surface area contributed by atoms with E-state index in [0.29, 0.717) is 21.2 Å². The lowest BCUT2D eigenvalue weighted by Gasteiger charge is -2.49. The summed E-state index contributed by atoms with van der Waals surface area (Å²) in [5, 5.41) is 11.1. The fourth-order valence-electron chi connectivity index (χ4n) is 6.22. The smallest absolute Gasteiger partial charge is 0.310 e. The van der Waals surface area contributed by atoms with E-state index in [0.717, 1.165) is 22.3 Å². The largest absolute Gasteiger partial charge is 0.481 e. The van der Waals surface area contributed by atoms with Crippen LogP contribution in [0.5, 0.6) is 0 Å². The van der Waals surface area contributed by atoms with Crippen LogP contribution in [-0.4, -0.2) is 23.7 Å². The van der Waals surface area contributed by atoms with Crippen molar-refractivity contribution in [2.75, 3.05) is 6.61 Å². The van der Waals surface area contributed by atoms with Gasteiger partial charge in [-0.25, -0.2) is 0 Å². The molecule has 0 radical (unpaired) electrons. The monoisotopic (exact) mass is 558 g/mol. The van der Waals surface area contributed by atoms with E-state index in [9.17, 15) is 14.7 Å². The van der Waals surface area contributed by atoms with Gasteiger partial charge in [-0.1, -0.05) is 109 Å². The van der Waals surface area contributed by atoms with Gasteiger partial charge in [-0.2, -0.15) is 0 Å². The number of esters is 1. The summed E-state index contributed by atoms with van der Waals surface area (Å²) in [5.41, 5.74) is 5.42. The van der Waals surface area contributed by atoms with E-state index >= 15 is 0 Å². The van der Waals surface area contributed by atoms with E-state index in [2.05, 4.69) is 6.58 Å². The van der Waals surface area contributed by atoms with E-state index in [4.69, 9.17) is 27.9 Å². The number of allylic oxidation sites excluding steroid dienone is 4.